The lowest BCUT2D eigenvalue weighted by Crippen LogP contribution is -2.50. The highest BCUT2D eigenvalue weighted by Crippen LogP contribution is 2.37. The number of hydrogen-bond donors (Lipinski definition) is 1. The summed E-state index contributed by atoms with van der Waals surface area (Å²) in [4.78, 5) is 39.8. The Bertz CT molecular complexity index is 789. The average molecular weight is 361 g/mol. The first-order valence-corrected chi connectivity index (χ1v) is 8.69. The Balaban J connectivity index is 1.50. The molecule has 0 unspecified atom stereocenters. The molecule has 4 rings (SSSR count). The van der Waals surface area contributed by atoms with Crippen molar-refractivity contribution < 1.29 is 23.5 Å². The van der Waals surface area contributed by atoms with E-state index >= 15 is 0 Å². The molecule has 8 heteroatoms. The molecule has 1 aromatic carbocycles. The quantitative estimate of drug-likeness (QED) is 0.826. The number of piperidine rings is 1. The van der Waals surface area contributed by atoms with Gasteiger partial charge in [-0.25, -0.2) is 9.18 Å². The Hall–Kier alpha value is -2.64. The highest BCUT2D eigenvalue weighted by molar-refractivity contribution is 6.01. The Labute approximate surface area is 150 Å². The monoisotopic (exact) mass is 361 g/mol. The molecule has 7 nitrogen and oxygen atoms in total. The molecule has 3 heterocycles. The van der Waals surface area contributed by atoms with Crippen LogP contribution in [0.5, 0.6) is 0 Å². The van der Waals surface area contributed by atoms with E-state index in [0.717, 1.165) is 0 Å². The predicted octanol–water partition coefficient (Wildman–Crippen LogP) is 1.69. The summed E-state index contributed by atoms with van der Waals surface area (Å²) in [6.45, 7) is 1.42. The summed E-state index contributed by atoms with van der Waals surface area (Å²) in [6.07, 6.45) is 0.792. The molecule has 0 saturated carbocycles. The Kier molecular flexibility index (Phi) is 3.86. The second-order valence-electron chi connectivity index (χ2n) is 7.27. The molecule has 2 saturated heterocycles. The molecule has 1 N–H and O–H groups in total. The standard InChI is InChI=1S/C18H20FN3O4/c1-21-10-18(26-17(21)25)4-6-22(7-5-18)16(24)13-9-15(23)20-14-3-2-11(19)8-12(13)14/h2-3,8,13H,4-7,9-10H2,1H3,(H,20,23)/t13-/m0/s1. The highest BCUT2D eigenvalue weighted by Gasteiger charge is 2.47. The van der Waals surface area contributed by atoms with Crippen LogP contribution in [0.1, 0.15) is 30.7 Å². The van der Waals surface area contributed by atoms with Gasteiger partial charge in [0.1, 0.15) is 11.4 Å². The number of fused-ring (bicyclic) bond motifs is 1. The van der Waals surface area contributed by atoms with E-state index in [1.54, 1.807) is 16.8 Å². The fourth-order valence-electron chi connectivity index (χ4n) is 4.06. The number of hydrogen-bond acceptors (Lipinski definition) is 4. The van der Waals surface area contributed by atoms with Crippen LogP contribution in [0, 0.1) is 5.82 Å². The molecule has 0 aliphatic carbocycles. The molecule has 1 aromatic rings. The minimum absolute atomic E-state index is 0.00858. The van der Waals surface area contributed by atoms with Gasteiger partial charge in [-0.15, -0.1) is 0 Å². The van der Waals surface area contributed by atoms with Gasteiger partial charge in [0, 0.05) is 45.1 Å². The maximum absolute atomic E-state index is 13.7. The lowest BCUT2D eigenvalue weighted by Gasteiger charge is -2.39. The van der Waals surface area contributed by atoms with Gasteiger partial charge in [-0.05, 0) is 23.8 Å². The van der Waals surface area contributed by atoms with E-state index in [4.69, 9.17) is 4.74 Å². The van der Waals surface area contributed by atoms with E-state index in [2.05, 4.69) is 5.32 Å². The van der Waals surface area contributed by atoms with Crippen molar-refractivity contribution in [3.8, 4) is 0 Å². The van der Waals surface area contributed by atoms with Gasteiger partial charge in [-0.2, -0.15) is 0 Å². The summed E-state index contributed by atoms with van der Waals surface area (Å²) in [5, 5.41) is 2.68. The molecule has 3 aliphatic heterocycles. The molecule has 1 atom stereocenters. The number of nitrogens with zero attached hydrogens (tertiary/aromatic N) is 2. The summed E-state index contributed by atoms with van der Waals surface area (Å²) < 4.78 is 19.2. The zero-order chi connectivity index (χ0) is 18.5. The number of carbonyl (C=O) groups excluding carboxylic acids is 3. The van der Waals surface area contributed by atoms with Crippen LogP contribution in [0.25, 0.3) is 0 Å². The molecule has 26 heavy (non-hydrogen) atoms. The van der Waals surface area contributed by atoms with E-state index in [1.807, 2.05) is 0 Å². The smallest absolute Gasteiger partial charge is 0.410 e. The van der Waals surface area contributed by atoms with Crippen molar-refractivity contribution in [1.82, 2.24) is 9.80 Å². The second kappa shape index (κ2) is 5.96. The van der Waals surface area contributed by atoms with Gasteiger partial charge in [-0.3, -0.25) is 9.59 Å². The van der Waals surface area contributed by atoms with Crippen LogP contribution >= 0.6 is 0 Å². The third-order valence-electron chi connectivity index (χ3n) is 5.48. The van der Waals surface area contributed by atoms with Crippen LogP contribution in [0.4, 0.5) is 14.9 Å². The van der Waals surface area contributed by atoms with Crippen molar-refractivity contribution in [2.24, 2.45) is 0 Å². The zero-order valence-corrected chi connectivity index (χ0v) is 14.5. The highest BCUT2D eigenvalue weighted by atomic mass is 19.1. The molecule has 0 radical (unpaired) electrons. The number of likely N-dealkylation sites (N-methyl/N-ethyl adjacent to an activating group) is 1. The molecular formula is C18H20FN3O4. The first-order valence-electron chi connectivity index (χ1n) is 8.69. The van der Waals surface area contributed by atoms with Crippen molar-refractivity contribution in [2.75, 3.05) is 32.0 Å². The third kappa shape index (κ3) is 2.79. The van der Waals surface area contributed by atoms with Crippen LogP contribution in [0.3, 0.4) is 0 Å². The average Bonchev–Trinajstić information content (AvgIpc) is 2.88. The minimum atomic E-state index is -0.683. The van der Waals surface area contributed by atoms with Gasteiger partial charge < -0.3 is 19.9 Å². The minimum Gasteiger partial charge on any atom is -0.441 e. The fraction of sp³-hybridized carbons (Fsp3) is 0.500. The Morgan fingerprint density at radius 2 is 2.04 bits per heavy atom. The molecule has 0 aromatic heterocycles. The van der Waals surface area contributed by atoms with Gasteiger partial charge in [0.15, 0.2) is 0 Å². The van der Waals surface area contributed by atoms with E-state index in [-0.39, 0.29) is 24.3 Å². The van der Waals surface area contributed by atoms with Crippen molar-refractivity contribution in [3.63, 3.8) is 0 Å². The fourth-order valence-corrected chi connectivity index (χ4v) is 4.06. The van der Waals surface area contributed by atoms with Gasteiger partial charge in [0.05, 0.1) is 12.5 Å². The molecule has 0 bridgehead atoms. The van der Waals surface area contributed by atoms with Crippen LogP contribution in [0.15, 0.2) is 18.2 Å². The SMILES string of the molecule is CN1CC2(CCN(C(=O)[C@H]3CC(=O)Nc4ccc(F)cc43)CC2)OC1=O. The van der Waals surface area contributed by atoms with Crippen molar-refractivity contribution in [1.29, 1.82) is 0 Å². The first-order chi connectivity index (χ1) is 12.4. The Morgan fingerprint density at radius 1 is 1.31 bits per heavy atom. The normalized spacial score (nSPS) is 24.3. The molecule has 1 spiro atoms. The van der Waals surface area contributed by atoms with Crippen LogP contribution in [-0.4, -0.2) is 60.0 Å². The van der Waals surface area contributed by atoms with Crippen molar-refractivity contribution in [2.45, 2.75) is 30.8 Å². The maximum Gasteiger partial charge on any atom is 0.410 e. The first kappa shape index (κ1) is 16.8. The van der Waals surface area contributed by atoms with Gasteiger partial charge in [0.25, 0.3) is 0 Å². The van der Waals surface area contributed by atoms with Crippen LogP contribution < -0.4 is 5.32 Å². The largest absolute Gasteiger partial charge is 0.441 e. The summed E-state index contributed by atoms with van der Waals surface area (Å²) in [5.41, 5.74) is 0.471. The van der Waals surface area contributed by atoms with E-state index in [9.17, 15) is 18.8 Å². The third-order valence-corrected chi connectivity index (χ3v) is 5.48. The van der Waals surface area contributed by atoms with E-state index < -0.39 is 17.3 Å². The summed E-state index contributed by atoms with van der Waals surface area (Å²) in [6, 6.07) is 4.07. The van der Waals surface area contributed by atoms with Gasteiger partial charge >= 0.3 is 6.09 Å². The van der Waals surface area contributed by atoms with Crippen LogP contribution in [-0.2, 0) is 14.3 Å². The second-order valence-corrected chi connectivity index (χ2v) is 7.27. The molecular weight excluding hydrogens is 341 g/mol. The van der Waals surface area contributed by atoms with Gasteiger partial charge in [-0.1, -0.05) is 0 Å². The number of rotatable bonds is 1. The number of carbonyl (C=O) groups is 3. The summed E-state index contributed by atoms with van der Waals surface area (Å²) in [5.74, 6) is -1.55. The maximum atomic E-state index is 13.7. The molecule has 3 aliphatic rings. The topological polar surface area (TPSA) is 79.0 Å². The van der Waals surface area contributed by atoms with Crippen molar-refractivity contribution >= 4 is 23.6 Å². The number of ether oxygens (including phenoxy) is 1. The van der Waals surface area contributed by atoms with Gasteiger partial charge in [0.2, 0.25) is 11.8 Å². The summed E-state index contributed by atoms with van der Waals surface area (Å²) >= 11 is 0. The number of halogens is 1. The number of benzene rings is 1. The van der Waals surface area contributed by atoms with E-state index in [1.165, 1.54) is 18.2 Å². The van der Waals surface area contributed by atoms with Crippen molar-refractivity contribution in [3.05, 3.63) is 29.6 Å². The number of anilines is 1. The van der Waals surface area contributed by atoms with E-state index in [0.29, 0.717) is 43.7 Å². The summed E-state index contributed by atoms with van der Waals surface area (Å²) in [7, 11) is 1.70. The zero-order valence-electron chi connectivity index (χ0n) is 14.5. The molecule has 3 amide bonds. The lowest BCUT2D eigenvalue weighted by atomic mass is 9.86. The predicted molar refractivity (Wildman–Crippen MR) is 90.0 cm³/mol. The van der Waals surface area contributed by atoms with Crippen LogP contribution in [0.2, 0.25) is 0 Å². The Morgan fingerprint density at radius 3 is 2.69 bits per heavy atom. The number of nitrogens with one attached hydrogen (secondary N) is 1. The molecule has 138 valence electrons. The lowest BCUT2D eigenvalue weighted by molar-refractivity contribution is -0.138. The number of amides is 3. The molecule has 2 fully saturated rings. The number of likely N-dealkylation sites (tertiary alicyclic amines) is 1.